The summed E-state index contributed by atoms with van der Waals surface area (Å²) in [4.78, 5) is 18.7. The molecule has 0 spiro atoms. The first-order valence-corrected chi connectivity index (χ1v) is 6.82. The number of nitrogens with zero attached hydrogens (tertiary/aromatic N) is 5. The van der Waals surface area contributed by atoms with E-state index in [0.717, 1.165) is 5.69 Å². The Morgan fingerprint density at radius 2 is 2.00 bits per heavy atom. The van der Waals surface area contributed by atoms with Gasteiger partial charge in [-0.3, -0.25) is 10.1 Å². The number of aryl methyl sites for hydroxylation is 1. The second-order valence-electron chi connectivity index (χ2n) is 4.17. The van der Waals surface area contributed by atoms with E-state index in [1.165, 1.54) is 18.3 Å². The van der Waals surface area contributed by atoms with E-state index in [1.54, 1.807) is 22.8 Å². The molecule has 0 bridgehead atoms. The molecule has 0 radical (unpaired) electrons. The molecule has 114 valence electrons. The van der Waals surface area contributed by atoms with Crippen molar-refractivity contribution in [3.8, 4) is 0 Å². The average Bonchev–Trinajstić information content (AvgIpc) is 2.98. The third-order valence-electron chi connectivity index (χ3n) is 2.70. The second kappa shape index (κ2) is 6.61. The van der Waals surface area contributed by atoms with Crippen LogP contribution >= 0.6 is 0 Å². The van der Waals surface area contributed by atoms with Crippen LogP contribution in [0.15, 0.2) is 36.7 Å². The van der Waals surface area contributed by atoms with Gasteiger partial charge in [0, 0.05) is 30.1 Å². The molecule has 0 aliphatic rings. The highest BCUT2D eigenvalue weighted by Gasteiger charge is 2.09. The minimum absolute atomic E-state index is 0.0232. The molecule has 3 rings (SSSR count). The van der Waals surface area contributed by atoms with E-state index in [4.69, 9.17) is 0 Å². The predicted molar refractivity (Wildman–Crippen MR) is 83.2 cm³/mol. The topological polar surface area (TPSA) is 98.2 Å². The van der Waals surface area contributed by atoms with Gasteiger partial charge in [0.1, 0.15) is 11.6 Å². The van der Waals surface area contributed by atoms with Gasteiger partial charge in [-0.25, -0.2) is 9.97 Å². The quantitative estimate of drug-likeness (QED) is 0.589. The monoisotopic (exact) mass is 300 g/mol. The number of aromatic nitrogens is 4. The fraction of sp³-hybridized carbons (Fsp3) is 0.214. The van der Waals surface area contributed by atoms with Crippen LogP contribution in [0, 0.1) is 17.0 Å². The highest BCUT2D eigenvalue weighted by Crippen LogP contribution is 2.19. The molecule has 0 aromatic carbocycles. The van der Waals surface area contributed by atoms with E-state index in [0.29, 0.717) is 17.3 Å². The largest absolute Gasteiger partial charge is 0.325 e. The first-order valence-electron chi connectivity index (χ1n) is 6.82. The number of pyridine rings is 1. The lowest BCUT2D eigenvalue weighted by Crippen LogP contribution is -2.03. The molecule has 8 nitrogen and oxygen atoms in total. The highest BCUT2D eigenvalue weighted by atomic mass is 16.6. The van der Waals surface area contributed by atoms with Crippen LogP contribution in [-0.4, -0.2) is 24.5 Å². The summed E-state index contributed by atoms with van der Waals surface area (Å²) in [6, 6.07) is 6.27. The van der Waals surface area contributed by atoms with Gasteiger partial charge in [0.15, 0.2) is 5.65 Å². The maximum atomic E-state index is 10.8. The molecule has 22 heavy (non-hydrogen) atoms. The molecule has 0 fully saturated rings. The molecule has 0 saturated heterocycles. The minimum Gasteiger partial charge on any atom is -0.325 e. The number of anilines is 2. The Bertz CT molecular complexity index is 799. The zero-order valence-electron chi connectivity index (χ0n) is 12.5. The fourth-order valence-corrected chi connectivity index (χ4v) is 1.86. The van der Waals surface area contributed by atoms with Crippen molar-refractivity contribution in [2.45, 2.75) is 20.8 Å². The van der Waals surface area contributed by atoms with Gasteiger partial charge in [-0.05, 0) is 6.92 Å². The van der Waals surface area contributed by atoms with Gasteiger partial charge in [0.25, 0.3) is 5.69 Å². The van der Waals surface area contributed by atoms with Crippen molar-refractivity contribution in [1.29, 1.82) is 0 Å². The average molecular weight is 300 g/mol. The minimum atomic E-state index is -0.464. The molecule has 0 amide bonds. The molecule has 8 heteroatoms. The van der Waals surface area contributed by atoms with Crippen LogP contribution in [0.1, 0.15) is 19.5 Å². The third-order valence-corrected chi connectivity index (χ3v) is 2.70. The van der Waals surface area contributed by atoms with Crippen molar-refractivity contribution in [2.24, 2.45) is 0 Å². The highest BCUT2D eigenvalue weighted by molar-refractivity contribution is 5.58. The zero-order valence-corrected chi connectivity index (χ0v) is 12.5. The molecule has 3 aromatic heterocycles. The van der Waals surface area contributed by atoms with Crippen LogP contribution < -0.4 is 5.32 Å². The lowest BCUT2D eigenvalue weighted by atomic mass is 10.3. The first-order chi connectivity index (χ1) is 10.6. The Balaban J connectivity index is 0.000000847. The normalized spacial score (nSPS) is 9.95. The Morgan fingerprint density at radius 1 is 1.23 bits per heavy atom. The lowest BCUT2D eigenvalue weighted by Gasteiger charge is -2.08. The van der Waals surface area contributed by atoms with Gasteiger partial charge >= 0.3 is 0 Å². The van der Waals surface area contributed by atoms with Gasteiger partial charge in [-0.15, -0.1) is 0 Å². The Labute approximate surface area is 127 Å². The number of hydrogen-bond donors (Lipinski definition) is 1. The van der Waals surface area contributed by atoms with Crippen LogP contribution in [-0.2, 0) is 0 Å². The van der Waals surface area contributed by atoms with E-state index in [-0.39, 0.29) is 5.69 Å². The molecule has 0 atom stereocenters. The van der Waals surface area contributed by atoms with Gasteiger partial charge in [0.05, 0.1) is 17.2 Å². The van der Waals surface area contributed by atoms with E-state index < -0.39 is 4.92 Å². The van der Waals surface area contributed by atoms with Crippen molar-refractivity contribution in [3.63, 3.8) is 0 Å². The SMILES string of the molecule is CC.Cc1cc(Nc2cc([N+](=O)[O-])ccn2)n2nccc2n1. The van der Waals surface area contributed by atoms with Crippen molar-refractivity contribution in [2.75, 3.05) is 5.32 Å². The molecule has 1 N–H and O–H groups in total. The predicted octanol–water partition coefficient (Wildman–Crippen LogP) is 3.11. The number of rotatable bonds is 3. The molecule has 0 saturated carbocycles. The maximum Gasteiger partial charge on any atom is 0.274 e. The van der Waals surface area contributed by atoms with Crippen LogP contribution in [0.5, 0.6) is 0 Å². The summed E-state index contributed by atoms with van der Waals surface area (Å²) in [5.41, 5.74) is 1.48. The number of fused-ring (bicyclic) bond motifs is 1. The van der Waals surface area contributed by atoms with E-state index >= 15 is 0 Å². The Morgan fingerprint density at radius 3 is 2.73 bits per heavy atom. The van der Waals surface area contributed by atoms with Crippen molar-refractivity contribution in [1.82, 2.24) is 19.6 Å². The Kier molecular flexibility index (Phi) is 4.62. The van der Waals surface area contributed by atoms with Gasteiger partial charge in [0.2, 0.25) is 0 Å². The molecular weight excluding hydrogens is 284 g/mol. The van der Waals surface area contributed by atoms with Crippen molar-refractivity contribution in [3.05, 3.63) is 52.5 Å². The molecule has 0 unspecified atom stereocenters. The van der Waals surface area contributed by atoms with Crippen LogP contribution in [0.3, 0.4) is 0 Å². The van der Waals surface area contributed by atoms with E-state index in [1.807, 2.05) is 20.8 Å². The summed E-state index contributed by atoms with van der Waals surface area (Å²) in [6.45, 7) is 5.86. The van der Waals surface area contributed by atoms with Crippen LogP contribution in [0.4, 0.5) is 17.3 Å². The molecule has 3 aromatic rings. The number of nitro groups is 1. The van der Waals surface area contributed by atoms with Crippen molar-refractivity contribution >= 4 is 23.0 Å². The van der Waals surface area contributed by atoms with Gasteiger partial charge in [-0.2, -0.15) is 9.61 Å². The standard InChI is InChI=1S/C12H10N6O2.C2H6/c1-8-6-12(17-11(15-8)3-5-14-17)16-10-7-9(18(19)20)2-4-13-10;1-2/h2-7H,1H3,(H,13,16);1-2H3. The third kappa shape index (κ3) is 3.17. The molecular formula is C14H16N6O2. The summed E-state index contributed by atoms with van der Waals surface area (Å²) in [5.74, 6) is 1.02. The molecule has 3 heterocycles. The maximum absolute atomic E-state index is 10.8. The number of nitrogens with one attached hydrogen (secondary N) is 1. The van der Waals surface area contributed by atoms with E-state index in [9.17, 15) is 10.1 Å². The van der Waals surface area contributed by atoms with Gasteiger partial charge < -0.3 is 5.32 Å². The fourth-order valence-electron chi connectivity index (χ4n) is 1.86. The molecule has 0 aliphatic carbocycles. The summed E-state index contributed by atoms with van der Waals surface area (Å²) in [6.07, 6.45) is 3.02. The van der Waals surface area contributed by atoms with Gasteiger partial charge in [-0.1, -0.05) is 13.8 Å². The van der Waals surface area contributed by atoms with Crippen LogP contribution in [0.25, 0.3) is 5.65 Å². The summed E-state index contributed by atoms with van der Waals surface area (Å²) >= 11 is 0. The second-order valence-corrected chi connectivity index (χ2v) is 4.17. The smallest absolute Gasteiger partial charge is 0.274 e. The summed E-state index contributed by atoms with van der Waals surface area (Å²) in [7, 11) is 0. The lowest BCUT2D eigenvalue weighted by molar-refractivity contribution is -0.384. The van der Waals surface area contributed by atoms with E-state index in [2.05, 4.69) is 20.4 Å². The summed E-state index contributed by atoms with van der Waals surface area (Å²) in [5, 5.41) is 17.9. The first kappa shape index (κ1) is 15.4. The summed E-state index contributed by atoms with van der Waals surface area (Å²) < 4.78 is 1.60. The number of hydrogen-bond acceptors (Lipinski definition) is 6. The zero-order chi connectivity index (χ0) is 16.1. The molecule has 0 aliphatic heterocycles. The Hall–Kier alpha value is -3.03. The van der Waals surface area contributed by atoms with Crippen molar-refractivity contribution < 1.29 is 4.92 Å². The van der Waals surface area contributed by atoms with Crippen LogP contribution in [0.2, 0.25) is 0 Å².